The van der Waals surface area contributed by atoms with Gasteiger partial charge in [0.05, 0.1) is 16.2 Å². The number of hydrogen-bond donors (Lipinski definition) is 1. The molecule has 0 unspecified atom stereocenters. The molecule has 156 valence electrons. The van der Waals surface area contributed by atoms with Gasteiger partial charge in [-0.1, -0.05) is 31.2 Å². The zero-order valence-corrected chi connectivity index (χ0v) is 18.0. The zero-order valence-electron chi connectivity index (χ0n) is 16.4. The smallest absolute Gasteiger partial charge is 0.338 e. The van der Waals surface area contributed by atoms with Crippen molar-refractivity contribution in [3.63, 3.8) is 0 Å². The van der Waals surface area contributed by atoms with Crippen molar-refractivity contribution in [2.75, 3.05) is 18.2 Å². The number of carbonyl (C=O) groups excluding carboxylic acids is 2. The Morgan fingerprint density at radius 3 is 2.33 bits per heavy atom. The lowest BCUT2D eigenvalue weighted by Gasteiger charge is -2.05. The molecule has 0 bridgehead atoms. The molecule has 0 saturated heterocycles. The lowest BCUT2D eigenvalue weighted by molar-refractivity contribution is -0.119. The Hall–Kier alpha value is -3.04. The van der Waals surface area contributed by atoms with Crippen LogP contribution < -0.4 is 5.32 Å². The highest BCUT2D eigenvalue weighted by atomic mass is 32.2. The average molecular weight is 445 g/mol. The highest BCUT2D eigenvalue weighted by molar-refractivity contribution is 7.90. The van der Waals surface area contributed by atoms with Gasteiger partial charge in [-0.15, -0.1) is 11.3 Å². The van der Waals surface area contributed by atoms with Crippen molar-refractivity contribution >= 4 is 38.2 Å². The predicted molar refractivity (Wildman–Crippen MR) is 115 cm³/mol. The number of amides is 1. The van der Waals surface area contributed by atoms with Gasteiger partial charge >= 0.3 is 5.97 Å². The number of nitrogens with one attached hydrogen (secondary N) is 1. The van der Waals surface area contributed by atoms with Crippen molar-refractivity contribution < 1.29 is 22.7 Å². The fourth-order valence-corrected chi connectivity index (χ4v) is 3.95. The summed E-state index contributed by atoms with van der Waals surface area (Å²) in [6.45, 7) is 1.61. The lowest BCUT2D eigenvalue weighted by atomic mass is 10.1. The van der Waals surface area contributed by atoms with E-state index in [2.05, 4.69) is 17.2 Å². The van der Waals surface area contributed by atoms with E-state index in [1.807, 2.05) is 29.6 Å². The molecule has 3 aromatic rings. The Kier molecular flexibility index (Phi) is 6.63. The molecule has 0 radical (unpaired) electrons. The van der Waals surface area contributed by atoms with E-state index in [9.17, 15) is 18.0 Å². The van der Waals surface area contributed by atoms with E-state index in [1.54, 1.807) is 0 Å². The van der Waals surface area contributed by atoms with E-state index in [4.69, 9.17) is 4.74 Å². The van der Waals surface area contributed by atoms with E-state index < -0.39 is 28.3 Å². The maximum absolute atomic E-state index is 12.1. The molecule has 1 N–H and O–H groups in total. The minimum absolute atomic E-state index is 0.0979. The molecular formula is C21H20N2O5S2. The Labute approximate surface area is 178 Å². The second-order valence-corrected chi connectivity index (χ2v) is 9.38. The topological polar surface area (TPSA) is 102 Å². The van der Waals surface area contributed by atoms with Crippen LogP contribution >= 0.6 is 11.3 Å². The van der Waals surface area contributed by atoms with Crippen LogP contribution in [0.2, 0.25) is 0 Å². The fourth-order valence-electron chi connectivity index (χ4n) is 2.58. The number of nitrogens with zero attached hydrogens (tertiary/aromatic N) is 1. The van der Waals surface area contributed by atoms with Gasteiger partial charge in [0.1, 0.15) is 0 Å². The van der Waals surface area contributed by atoms with Gasteiger partial charge in [-0.05, 0) is 36.2 Å². The number of rotatable bonds is 7. The summed E-state index contributed by atoms with van der Waals surface area (Å²) < 4.78 is 27.9. The average Bonchev–Trinajstić information content (AvgIpc) is 3.20. The molecule has 9 heteroatoms. The Morgan fingerprint density at radius 1 is 1.07 bits per heavy atom. The van der Waals surface area contributed by atoms with Crippen molar-refractivity contribution in [3.05, 3.63) is 65.0 Å². The Morgan fingerprint density at radius 2 is 1.73 bits per heavy atom. The summed E-state index contributed by atoms with van der Waals surface area (Å²) in [5.41, 5.74) is 3.09. The summed E-state index contributed by atoms with van der Waals surface area (Å²) in [6.07, 6.45) is 2.04. The molecule has 0 atom stereocenters. The van der Waals surface area contributed by atoms with Crippen molar-refractivity contribution in [1.29, 1.82) is 0 Å². The molecule has 7 nitrogen and oxygen atoms in total. The van der Waals surface area contributed by atoms with Crippen LogP contribution in [-0.2, 0) is 25.8 Å². The van der Waals surface area contributed by atoms with Crippen LogP contribution in [0.15, 0.2) is 58.8 Å². The number of benzene rings is 2. The van der Waals surface area contributed by atoms with E-state index in [0.29, 0.717) is 5.13 Å². The fraction of sp³-hybridized carbons (Fsp3) is 0.190. The minimum Gasteiger partial charge on any atom is -0.452 e. The van der Waals surface area contributed by atoms with Crippen LogP contribution in [-0.4, -0.2) is 38.1 Å². The quantitative estimate of drug-likeness (QED) is 0.559. The third kappa shape index (κ3) is 5.52. The summed E-state index contributed by atoms with van der Waals surface area (Å²) in [5.74, 6) is -1.24. The first-order chi connectivity index (χ1) is 14.3. The monoisotopic (exact) mass is 444 g/mol. The zero-order chi connectivity index (χ0) is 21.7. The predicted octanol–water partition coefficient (Wildman–Crippen LogP) is 3.57. The molecule has 0 fully saturated rings. The highest BCUT2D eigenvalue weighted by Crippen LogP contribution is 2.25. The molecule has 0 aliphatic carbocycles. The molecule has 0 spiro atoms. The van der Waals surface area contributed by atoms with Gasteiger partial charge in [0, 0.05) is 17.2 Å². The molecule has 3 rings (SSSR count). The third-order valence-corrected chi connectivity index (χ3v) is 6.15. The molecule has 0 aliphatic rings. The van der Waals surface area contributed by atoms with Crippen LogP contribution in [0.3, 0.4) is 0 Å². The molecule has 1 aromatic heterocycles. The number of sulfone groups is 1. The number of hydrogen-bond acceptors (Lipinski definition) is 7. The number of esters is 1. The van der Waals surface area contributed by atoms with Gasteiger partial charge < -0.3 is 4.74 Å². The van der Waals surface area contributed by atoms with E-state index >= 15 is 0 Å². The van der Waals surface area contributed by atoms with Crippen molar-refractivity contribution in [1.82, 2.24) is 4.98 Å². The second kappa shape index (κ2) is 9.19. The normalized spacial score (nSPS) is 11.1. The van der Waals surface area contributed by atoms with Crippen LogP contribution in [0.25, 0.3) is 11.3 Å². The number of ether oxygens (including phenoxy) is 1. The highest BCUT2D eigenvalue weighted by Gasteiger charge is 2.14. The number of anilines is 1. The second-order valence-electron chi connectivity index (χ2n) is 6.51. The maximum Gasteiger partial charge on any atom is 0.338 e. The molecule has 1 amide bonds. The van der Waals surface area contributed by atoms with Crippen molar-refractivity contribution in [3.8, 4) is 11.3 Å². The lowest BCUT2D eigenvalue weighted by Crippen LogP contribution is -2.20. The van der Waals surface area contributed by atoms with E-state index in [1.165, 1.54) is 41.2 Å². The summed E-state index contributed by atoms with van der Waals surface area (Å²) in [5, 5.41) is 4.85. The van der Waals surface area contributed by atoms with Crippen LogP contribution in [0.5, 0.6) is 0 Å². The van der Waals surface area contributed by atoms with Gasteiger partial charge in [0.15, 0.2) is 21.6 Å². The summed E-state index contributed by atoms with van der Waals surface area (Å²) >= 11 is 1.28. The number of aromatic nitrogens is 1. The van der Waals surface area contributed by atoms with Gasteiger partial charge in [-0.25, -0.2) is 18.2 Å². The number of aryl methyl sites for hydroxylation is 1. The standard InChI is InChI=1S/C21H20N2O5S2/c1-3-14-4-6-15(7-5-14)18-13-29-21(22-18)23-19(24)12-28-20(25)16-8-10-17(11-9-16)30(2,26)27/h4-11,13H,3,12H2,1-2H3,(H,22,23,24). The Bertz CT molecular complexity index is 1150. The molecule has 1 heterocycles. The number of thiazole rings is 1. The number of carbonyl (C=O) groups is 2. The van der Waals surface area contributed by atoms with E-state index in [-0.39, 0.29) is 10.5 Å². The first-order valence-corrected chi connectivity index (χ1v) is 11.9. The first-order valence-electron chi connectivity index (χ1n) is 9.08. The van der Waals surface area contributed by atoms with Crippen molar-refractivity contribution in [2.24, 2.45) is 0 Å². The summed E-state index contributed by atoms with van der Waals surface area (Å²) in [7, 11) is -3.35. The van der Waals surface area contributed by atoms with E-state index in [0.717, 1.165) is 23.9 Å². The molecule has 30 heavy (non-hydrogen) atoms. The third-order valence-electron chi connectivity index (χ3n) is 4.26. The van der Waals surface area contributed by atoms with Gasteiger partial charge in [0.2, 0.25) is 0 Å². The van der Waals surface area contributed by atoms with Gasteiger partial charge in [-0.3, -0.25) is 10.1 Å². The van der Waals surface area contributed by atoms with Crippen LogP contribution in [0, 0.1) is 0 Å². The molecule has 0 aliphatic heterocycles. The summed E-state index contributed by atoms with van der Waals surface area (Å²) in [6, 6.07) is 13.4. The van der Waals surface area contributed by atoms with Crippen LogP contribution in [0.1, 0.15) is 22.8 Å². The van der Waals surface area contributed by atoms with Gasteiger partial charge in [-0.2, -0.15) is 0 Å². The SMILES string of the molecule is CCc1ccc(-c2csc(NC(=O)COC(=O)c3ccc(S(C)(=O)=O)cc3)n2)cc1. The van der Waals surface area contributed by atoms with Crippen LogP contribution in [0.4, 0.5) is 5.13 Å². The molecule has 2 aromatic carbocycles. The van der Waals surface area contributed by atoms with Gasteiger partial charge in [0.25, 0.3) is 5.91 Å². The summed E-state index contributed by atoms with van der Waals surface area (Å²) in [4.78, 5) is 28.6. The minimum atomic E-state index is -3.35. The first kappa shape index (κ1) is 21.7. The largest absolute Gasteiger partial charge is 0.452 e. The Balaban J connectivity index is 1.54. The maximum atomic E-state index is 12.1. The van der Waals surface area contributed by atoms with Crippen molar-refractivity contribution in [2.45, 2.75) is 18.2 Å². The molecular weight excluding hydrogens is 424 g/mol. The molecule has 0 saturated carbocycles.